The van der Waals surface area contributed by atoms with E-state index in [1.54, 1.807) is 30.3 Å². The van der Waals surface area contributed by atoms with E-state index in [1.807, 2.05) is 19.1 Å². The number of hydrogen-bond donors (Lipinski definition) is 0. The number of aryl methyl sites for hydroxylation is 1. The largest absolute Gasteiger partial charge is 0.468 e. The third kappa shape index (κ3) is 4.68. The molecule has 3 aromatic rings. The Morgan fingerprint density at radius 2 is 1.74 bits per heavy atom. The Labute approximate surface area is 200 Å². The van der Waals surface area contributed by atoms with E-state index >= 15 is 0 Å². The van der Waals surface area contributed by atoms with E-state index in [4.69, 9.17) is 4.18 Å². The number of nitrogens with zero attached hydrogens (tertiary/aromatic N) is 1. The monoisotopic (exact) mass is 497 g/mol. The summed E-state index contributed by atoms with van der Waals surface area (Å²) in [5.74, 6) is -1.42. The molecule has 1 saturated heterocycles. The van der Waals surface area contributed by atoms with Crippen molar-refractivity contribution in [3.63, 3.8) is 0 Å². The van der Waals surface area contributed by atoms with Gasteiger partial charge in [-0.25, -0.2) is 0 Å². The van der Waals surface area contributed by atoms with Crippen molar-refractivity contribution in [2.75, 3.05) is 13.7 Å². The summed E-state index contributed by atoms with van der Waals surface area (Å²) in [6.07, 6.45) is 1.41. The van der Waals surface area contributed by atoms with E-state index in [0.717, 1.165) is 23.0 Å². The molecule has 0 bridgehead atoms. The van der Waals surface area contributed by atoms with Crippen molar-refractivity contribution in [3.05, 3.63) is 76.7 Å². The number of ether oxygens (including phenoxy) is 1. The Kier molecular flexibility index (Phi) is 6.45. The maximum atomic E-state index is 12.9. The minimum absolute atomic E-state index is 0.000887. The Balaban J connectivity index is 1.78. The van der Waals surface area contributed by atoms with Gasteiger partial charge in [0.1, 0.15) is 11.4 Å². The molecule has 34 heavy (non-hydrogen) atoms. The third-order valence-corrected chi connectivity index (χ3v) is 7.26. The number of amides is 2. The first-order valence-corrected chi connectivity index (χ1v) is 12.3. The van der Waals surface area contributed by atoms with Gasteiger partial charge in [0.25, 0.3) is 11.1 Å². The van der Waals surface area contributed by atoms with Crippen molar-refractivity contribution >= 4 is 55.8 Å². The van der Waals surface area contributed by atoms with Crippen LogP contribution >= 0.6 is 11.8 Å². The summed E-state index contributed by atoms with van der Waals surface area (Å²) in [7, 11) is -3.01. The second-order valence-corrected chi connectivity index (χ2v) is 9.93. The molecule has 2 amide bonds. The second-order valence-electron chi connectivity index (χ2n) is 7.39. The van der Waals surface area contributed by atoms with Crippen LogP contribution in [0.15, 0.2) is 70.5 Å². The lowest BCUT2D eigenvalue weighted by atomic mass is 10.0. The molecule has 4 rings (SSSR count). The Bertz CT molecular complexity index is 1440. The van der Waals surface area contributed by atoms with Gasteiger partial charge < -0.3 is 8.92 Å². The molecule has 1 aliphatic rings. The van der Waals surface area contributed by atoms with Crippen molar-refractivity contribution in [2.45, 2.75) is 11.8 Å². The fourth-order valence-electron chi connectivity index (χ4n) is 3.33. The standard InChI is InChI=1S/C24H19NO7S2/c1-15-7-10-17(11-8-15)34(29,30)32-20-12-9-16-5-3-4-6-18(16)19(20)13-21-23(27)25(24(28)33-21)14-22(26)31-2/h3-13H,14H2,1-2H3/b21-13-. The van der Waals surface area contributed by atoms with Gasteiger partial charge in [-0.05, 0) is 53.7 Å². The van der Waals surface area contributed by atoms with Gasteiger partial charge in [-0.1, -0.05) is 48.0 Å². The van der Waals surface area contributed by atoms with Gasteiger partial charge >= 0.3 is 16.1 Å². The molecule has 0 atom stereocenters. The first-order chi connectivity index (χ1) is 16.2. The fourth-order valence-corrected chi connectivity index (χ4v) is 5.10. The van der Waals surface area contributed by atoms with Crippen LogP contribution in [0.3, 0.4) is 0 Å². The predicted octanol–water partition coefficient (Wildman–Crippen LogP) is 4.13. The highest BCUT2D eigenvalue weighted by Crippen LogP contribution is 2.37. The van der Waals surface area contributed by atoms with Crippen molar-refractivity contribution in [2.24, 2.45) is 0 Å². The maximum absolute atomic E-state index is 12.9. The number of thioether (sulfide) groups is 1. The van der Waals surface area contributed by atoms with Crippen LogP contribution in [0.1, 0.15) is 11.1 Å². The highest BCUT2D eigenvalue weighted by molar-refractivity contribution is 8.18. The summed E-state index contributed by atoms with van der Waals surface area (Å²) in [6.45, 7) is 1.32. The van der Waals surface area contributed by atoms with Crippen molar-refractivity contribution in [1.29, 1.82) is 0 Å². The van der Waals surface area contributed by atoms with Gasteiger partial charge in [0.2, 0.25) is 0 Å². The Hall–Kier alpha value is -3.63. The summed E-state index contributed by atoms with van der Waals surface area (Å²) in [5, 5.41) is 0.776. The highest BCUT2D eigenvalue weighted by atomic mass is 32.2. The maximum Gasteiger partial charge on any atom is 0.339 e. The number of fused-ring (bicyclic) bond motifs is 1. The highest BCUT2D eigenvalue weighted by Gasteiger charge is 2.37. The number of rotatable bonds is 6. The summed E-state index contributed by atoms with van der Waals surface area (Å²) in [4.78, 5) is 37.5. The molecular weight excluding hydrogens is 478 g/mol. The van der Waals surface area contributed by atoms with Gasteiger partial charge in [-0.2, -0.15) is 8.42 Å². The number of carbonyl (C=O) groups is 3. The zero-order chi connectivity index (χ0) is 24.5. The zero-order valence-electron chi connectivity index (χ0n) is 18.2. The molecule has 174 valence electrons. The summed E-state index contributed by atoms with van der Waals surface area (Å²) >= 11 is 0.648. The molecule has 0 saturated carbocycles. The third-order valence-electron chi connectivity index (χ3n) is 5.10. The van der Waals surface area contributed by atoms with E-state index in [9.17, 15) is 22.8 Å². The van der Waals surface area contributed by atoms with Gasteiger partial charge in [0.05, 0.1) is 12.0 Å². The predicted molar refractivity (Wildman–Crippen MR) is 128 cm³/mol. The second kappa shape index (κ2) is 9.32. The lowest BCUT2D eigenvalue weighted by Crippen LogP contribution is -2.34. The van der Waals surface area contributed by atoms with Crippen molar-refractivity contribution in [1.82, 2.24) is 4.90 Å². The van der Waals surface area contributed by atoms with Crippen molar-refractivity contribution < 1.29 is 31.7 Å². The Morgan fingerprint density at radius 3 is 2.44 bits per heavy atom. The van der Waals surface area contributed by atoms with E-state index < -0.39 is 33.8 Å². The molecule has 10 heteroatoms. The fraction of sp³-hybridized carbons (Fsp3) is 0.125. The van der Waals surface area contributed by atoms with Crippen LogP contribution in [-0.4, -0.2) is 44.1 Å². The number of methoxy groups -OCH3 is 1. The number of carbonyl (C=O) groups excluding carboxylic acids is 3. The molecule has 8 nitrogen and oxygen atoms in total. The van der Waals surface area contributed by atoms with Crippen molar-refractivity contribution in [3.8, 4) is 5.75 Å². The van der Waals surface area contributed by atoms with E-state index in [2.05, 4.69) is 4.74 Å². The minimum Gasteiger partial charge on any atom is -0.468 e. The van der Waals surface area contributed by atoms with Crippen LogP contribution in [0.5, 0.6) is 5.75 Å². The molecule has 0 spiro atoms. The molecule has 0 unspecified atom stereocenters. The quantitative estimate of drug-likeness (QED) is 0.284. The first kappa shape index (κ1) is 23.5. The molecule has 0 aromatic heterocycles. The number of esters is 1. The molecule has 3 aromatic carbocycles. The molecule has 0 aliphatic carbocycles. The van der Waals surface area contributed by atoms with Crippen LogP contribution in [0.4, 0.5) is 4.79 Å². The molecule has 1 fully saturated rings. The number of imide groups is 1. The average molecular weight is 498 g/mol. The van der Waals surface area contributed by atoms with Crippen LogP contribution in [0.2, 0.25) is 0 Å². The average Bonchev–Trinajstić information content (AvgIpc) is 3.08. The van der Waals surface area contributed by atoms with Gasteiger partial charge in [-0.3, -0.25) is 19.3 Å². The summed E-state index contributed by atoms with van der Waals surface area (Å²) in [6, 6.07) is 16.6. The number of benzene rings is 3. The lowest BCUT2D eigenvalue weighted by molar-refractivity contribution is -0.143. The molecule has 1 heterocycles. The molecule has 1 aliphatic heterocycles. The number of hydrogen-bond acceptors (Lipinski definition) is 8. The molecular formula is C24H19NO7S2. The van der Waals surface area contributed by atoms with Crippen LogP contribution in [-0.2, 0) is 24.4 Å². The van der Waals surface area contributed by atoms with Gasteiger partial charge in [0.15, 0.2) is 5.75 Å². The minimum atomic E-state index is -4.17. The van der Waals surface area contributed by atoms with Crippen LogP contribution in [0.25, 0.3) is 16.8 Å². The van der Waals surface area contributed by atoms with E-state index in [-0.39, 0.29) is 15.6 Å². The SMILES string of the molecule is COC(=O)CN1C(=O)S/C(=C\c2c(OS(=O)(=O)c3ccc(C)cc3)ccc3ccccc23)C1=O. The van der Waals surface area contributed by atoms with Gasteiger partial charge in [-0.15, -0.1) is 0 Å². The zero-order valence-corrected chi connectivity index (χ0v) is 19.8. The van der Waals surface area contributed by atoms with Crippen LogP contribution < -0.4 is 4.18 Å². The smallest absolute Gasteiger partial charge is 0.339 e. The van der Waals surface area contributed by atoms with E-state index in [1.165, 1.54) is 24.3 Å². The topological polar surface area (TPSA) is 107 Å². The van der Waals surface area contributed by atoms with E-state index in [0.29, 0.717) is 22.7 Å². The summed E-state index contributed by atoms with van der Waals surface area (Å²) in [5.41, 5.74) is 1.21. The Morgan fingerprint density at radius 1 is 1.03 bits per heavy atom. The van der Waals surface area contributed by atoms with Gasteiger partial charge in [0, 0.05) is 5.56 Å². The summed E-state index contributed by atoms with van der Waals surface area (Å²) < 4.78 is 35.9. The lowest BCUT2D eigenvalue weighted by Gasteiger charge is -2.13. The van der Waals surface area contributed by atoms with Crippen LogP contribution in [0, 0.1) is 6.92 Å². The molecule has 0 radical (unpaired) electrons. The normalized spacial score (nSPS) is 15.2. The first-order valence-electron chi connectivity index (χ1n) is 10.0. The molecule has 0 N–H and O–H groups in total.